The Bertz CT molecular complexity index is 550. The van der Waals surface area contributed by atoms with E-state index in [2.05, 4.69) is 22.4 Å². The van der Waals surface area contributed by atoms with Gasteiger partial charge in [-0.2, -0.15) is 0 Å². The molecule has 3 rings (SSSR count). The highest BCUT2D eigenvalue weighted by Gasteiger charge is 2.25. The third-order valence-electron chi connectivity index (χ3n) is 3.88. The number of fused-ring (bicyclic) bond motifs is 1. The molecule has 0 bridgehead atoms. The molecule has 2 atom stereocenters. The van der Waals surface area contributed by atoms with Crippen LogP contribution in [0.5, 0.6) is 5.75 Å². The smallest absolute Gasteiger partial charge is 0.145 e. The second-order valence-corrected chi connectivity index (χ2v) is 5.31. The van der Waals surface area contributed by atoms with Gasteiger partial charge in [-0.25, -0.2) is 0 Å². The Morgan fingerprint density at radius 2 is 2.16 bits per heavy atom. The molecular formula is C16H20N2O. The lowest BCUT2D eigenvalue weighted by atomic mass is 10.1. The zero-order valence-corrected chi connectivity index (χ0v) is 11.3. The Balaban J connectivity index is 1.75. The van der Waals surface area contributed by atoms with Gasteiger partial charge >= 0.3 is 0 Å². The molecule has 0 radical (unpaired) electrons. The van der Waals surface area contributed by atoms with E-state index >= 15 is 0 Å². The topological polar surface area (TPSA) is 34.1 Å². The Morgan fingerprint density at radius 1 is 1.26 bits per heavy atom. The first-order valence-corrected chi connectivity index (χ1v) is 7.02. The number of benzene rings is 1. The van der Waals surface area contributed by atoms with Crippen LogP contribution in [0, 0.1) is 5.92 Å². The van der Waals surface area contributed by atoms with Gasteiger partial charge in [0.05, 0.1) is 6.10 Å². The maximum Gasteiger partial charge on any atom is 0.145 e. The molecule has 1 heterocycles. The monoisotopic (exact) mass is 256 g/mol. The van der Waals surface area contributed by atoms with Gasteiger partial charge in [0.15, 0.2) is 0 Å². The van der Waals surface area contributed by atoms with Crippen molar-refractivity contribution in [1.82, 2.24) is 10.3 Å². The van der Waals surface area contributed by atoms with Crippen LogP contribution in [0.25, 0.3) is 10.9 Å². The van der Waals surface area contributed by atoms with Gasteiger partial charge in [0.1, 0.15) is 11.3 Å². The first-order valence-electron chi connectivity index (χ1n) is 7.02. The van der Waals surface area contributed by atoms with E-state index in [9.17, 15) is 0 Å². The number of aromatic nitrogens is 1. The maximum atomic E-state index is 6.17. The van der Waals surface area contributed by atoms with Crippen molar-refractivity contribution < 1.29 is 4.74 Å². The molecule has 0 amide bonds. The fraction of sp³-hybridized carbons (Fsp3) is 0.438. The maximum absolute atomic E-state index is 6.17. The van der Waals surface area contributed by atoms with Crippen LogP contribution in [0.1, 0.15) is 19.3 Å². The average Bonchev–Trinajstić information content (AvgIpc) is 2.87. The number of nitrogens with one attached hydrogen (secondary N) is 1. The van der Waals surface area contributed by atoms with Crippen molar-refractivity contribution in [2.75, 3.05) is 13.6 Å². The van der Waals surface area contributed by atoms with Crippen LogP contribution in [0.3, 0.4) is 0 Å². The summed E-state index contributed by atoms with van der Waals surface area (Å²) in [5.74, 6) is 1.67. The molecule has 2 aromatic rings. The third kappa shape index (κ3) is 2.71. The summed E-state index contributed by atoms with van der Waals surface area (Å²) < 4.78 is 6.17. The molecule has 3 nitrogen and oxygen atoms in total. The SMILES string of the molecule is CNCC1CCC(Oc2cccc3cccnc23)C1. The highest BCUT2D eigenvalue weighted by molar-refractivity contribution is 5.84. The fourth-order valence-corrected chi connectivity index (χ4v) is 2.96. The highest BCUT2D eigenvalue weighted by Crippen LogP contribution is 2.31. The highest BCUT2D eigenvalue weighted by atomic mass is 16.5. The van der Waals surface area contributed by atoms with E-state index in [1.54, 1.807) is 0 Å². The molecule has 100 valence electrons. The molecule has 1 fully saturated rings. The van der Waals surface area contributed by atoms with Crippen molar-refractivity contribution in [2.45, 2.75) is 25.4 Å². The first kappa shape index (κ1) is 12.4. The van der Waals surface area contributed by atoms with Gasteiger partial charge in [0.25, 0.3) is 0 Å². The largest absolute Gasteiger partial charge is 0.488 e. The second kappa shape index (κ2) is 5.57. The minimum atomic E-state index is 0.339. The van der Waals surface area contributed by atoms with Crippen LogP contribution in [-0.2, 0) is 0 Å². The van der Waals surface area contributed by atoms with Gasteiger partial charge in [-0.3, -0.25) is 4.98 Å². The summed E-state index contributed by atoms with van der Waals surface area (Å²) in [6, 6.07) is 10.2. The number of nitrogens with zero attached hydrogens (tertiary/aromatic N) is 1. The predicted molar refractivity (Wildman–Crippen MR) is 77.4 cm³/mol. The average molecular weight is 256 g/mol. The van der Waals surface area contributed by atoms with Gasteiger partial charge in [0, 0.05) is 11.6 Å². The Labute approximate surface area is 114 Å². The lowest BCUT2D eigenvalue weighted by Gasteiger charge is -2.15. The molecule has 1 saturated carbocycles. The molecule has 3 heteroatoms. The van der Waals surface area contributed by atoms with Crippen molar-refractivity contribution in [1.29, 1.82) is 0 Å². The molecule has 1 N–H and O–H groups in total. The molecule has 19 heavy (non-hydrogen) atoms. The summed E-state index contributed by atoms with van der Waals surface area (Å²) in [6.45, 7) is 1.09. The number of para-hydroxylation sites is 1. The summed E-state index contributed by atoms with van der Waals surface area (Å²) in [7, 11) is 2.02. The lowest BCUT2D eigenvalue weighted by molar-refractivity contribution is 0.206. The number of rotatable bonds is 4. The Hall–Kier alpha value is -1.61. The fourth-order valence-electron chi connectivity index (χ4n) is 2.96. The van der Waals surface area contributed by atoms with E-state index in [0.717, 1.165) is 42.0 Å². The van der Waals surface area contributed by atoms with Crippen LogP contribution in [-0.4, -0.2) is 24.7 Å². The van der Waals surface area contributed by atoms with E-state index in [1.807, 2.05) is 31.4 Å². The quantitative estimate of drug-likeness (QED) is 0.913. The van der Waals surface area contributed by atoms with Crippen molar-refractivity contribution in [2.24, 2.45) is 5.92 Å². The second-order valence-electron chi connectivity index (χ2n) is 5.31. The van der Waals surface area contributed by atoms with Crippen molar-refractivity contribution >= 4 is 10.9 Å². The van der Waals surface area contributed by atoms with E-state index in [1.165, 1.54) is 6.42 Å². The first-order chi connectivity index (χ1) is 9.36. The van der Waals surface area contributed by atoms with Crippen LogP contribution in [0.2, 0.25) is 0 Å². The number of pyridine rings is 1. The van der Waals surface area contributed by atoms with Crippen molar-refractivity contribution in [3.05, 3.63) is 36.5 Å². The van der Waals surface area contributed by atoms with E-state index < -0.39 is 0 Å². The minimum absolute atomic E-state index is 0.339. The molecule has 1 aliphatic carbocycles. The van der Waals surface area contributed by atoms with E-state index in [0.29, 0.717) is 6.10 Å². The zero-order chi connectivity index (χ0) is 13.1. The Morgan fingerprint density at radius 3 is 3.05 bits per heavy atom. The van der Waals surface area contributed by atoms with Crippen LogP contribution >= 0.6 is 0 Å². The van der Waals surface area contributed by atoms with Gasteiger partial charge in [0.2, 0.25) is 0 Å². The van der Waals surface area contributed by atoms with Crippen molar-refractivity contribution in [3.8, 4) is 5.75 Å². The normalized spacial score (nSPS) is 22.8. The number of hydrogen-bond donors (Lipinski definition) is 1. The molecule has 1 aromatic carbocycles. The molecule has 0 spiro atoms. The summed E-state index contributed by atoms with van der Waals surface area (Å²) in [5.41, 5.74) is 0.974. The van der Waals surface area contributed by atoms with Gasteiger partial charge in [-0.1, -0.05) is 18.2 Å². The van der Waals surface area contributed by atoms with Crippen LogP contribution < -0.4 is 10.1 Å². The van der Waals surface area contributed by atoms with Gasteiger partial charge < -0.3 is 10.1 Å². The summed E-state index contributed by atoms with van der Waals surface area (Å²) >= 11 is 0. The van der Waals surface area contributed by atoms with Crippen LogP contribution in [0.15, 0.2) is 36.5 Å². The minimum Gasteiger partial charge on any atom is -0.488 e. The predicted octanol–water partition coefficient (Wildman–Crippen LogP) is 3.00. The standard InChI is InChI=1S/C16H20N2O/c1-17-11-12-7-8-14(10-12)19-15-6-2-4-13-5-3-9-18-16(13)15/h2-6,9,12,14,17H,7-8,10-11H2,1H3. The summed E-state index contributed by atoms with van der Waals surface area (Å²) in [6.07, 6.45) is 5.71. The molecule has 2 unspecified atom stereocenters. The zero-order valence-electron chi connectivity index (χ0n) is 11.3. The molecule has 0 saturated heterocycles. The van der Waals surface area contributed by atoms with E-state index in [4.69, 9.17) is 4.74 Å². The van der Waals surface area contributed by atoms with Gasteiger partial charge in [-0.05, 0) is 50.9 Å². The Kier molecular flexibility index (Phi) is 3.65. The molecule has 1 aromatic heterocycles. The molecular weight excluding hydrogens is 236 g/mol. The summed E-state index contributed by atoms with van der Waals surface area (Å²) in [4.78, 5) is 4.44. The van der Waals surface area contributed by atoms with Crippen LogP contribution in [0.4, 0.5) is 0 Å². The lowest BCUT2D eigenvalue weighted by Crippen LogP contribution is -2.18. The number of ether oxygens (including phenoxy) is 1. The van der Waals surface area contributed by atoms with Gasteiger partial charge in [-0.15, -0.1) is 0 Å². The molecule has 0 aliphatic heterocycles. The van der Waals surface area contributed by atoms with Crippen molar-refractivity contribution in [3.63, 3.8) is 0 Å². The molecule has 1 aliphatic rings. The third-order valence-corrected chi connectivity index (χ3v) is 3.88. The van der Waals surface area contributed by atoms with E-state index in [-0.39, 0.29) is 0 Å². The number of hydrogen-bond acceptors (Lipinski definition) is 3. The summed E-state index contributed by atoms with van der Waals surface area (Å²) in [5, 5.41) is 4.40.